The van der Waals surface area contributed by atoms with Gasteiger partial charge in [-0.05, 0) is 41.5 Å². The van der Waals surface area contributed by atoms with Gasteiger partial charge < -0.3 is 15.0 Å². The fourth-order valence-electron chi connectivity index (χ4n) is 1.78. The lowest BCUT2D eigenvalue weighted by Gasteiger charge is -2.30. The predicted octanol–water partition coefficient (Wildman–Crippen LogP) is 3.19. The summed E-state index contributed by atoms with van der Waals surface area (Å²) in [5.41, 5.74) is -0.460. The number of carbonyl (C=O) groups excluding carboxylic acids is 1. The van der Waals surface area contributed by atoms with Crippen molar-refractivity contribution in [2.24, 2.45) is 0 Å². The summed E-state index contributed by atoms with van der Waals surface area (Å²) in [6.45, 7) is 13.8. The summed E-state index contributed by atoms with van der Waals surface area (Å²) in [5, 5.41) is 4.41. The van der Waals surface area contributed by atoms with Crippen molar-refractivity contribution >= 4 is 17.4 Å². The molecule has 0 spiro atoms. The summed E-state index contributed by atoms with van der Waals surface area (Å²) in [6.07, 6.45) is 1.63. The van der Waals surface area contributed by atoms with E-state index in [2.05, 4.69) is 10.3 Å². The Morgan fingerprint density at radius 1 is 1.48 bits per heavy atom. The third-order valence-corrected chi connectivity index (χ3v) is 3.66. The highest BCUT2D eigenvalue weighted by molar-refractivity contribution is 7.11. The van der Waals surface area contributed by atoms with Crippen molar-refractivity contribution in [1.29, 1.82) is 0 Å². The first-order valence-corrected chi connectivity index (χ1v) is 8.12. The highest BCUT2D eigenvalue weighted by atomic mass is 32.1. The zero-order valence-corrected chi connectivity index (χ0v) is 14.7. The molecule has 0 saturated heterocycles. The Kier molecular flexibility index (Phi) is 6.61. The lowest BCUT2D eigenvalue weighted by atomic mass is 10.2. The van der Waals surface area contributed by atoms with Crippen LogP contribution in [-0.4, -0.2) is 40.7 Å². The van der Waals surface area contributed by atoms with Gasteiger partial charge in [0.15, 0.2) is 0 Å². The second-order valence-electron chi connectivity index (χ2n) is 6.29. The van der Waals surface area contributed by atoms with Gasteiger partial charge in [-0.1, -0.05) is 0 Å². The van der Waals surface area contributed by atoms with Crippen molar-refractivity contribution in [3.05, 3.63) is 16.1 Å². The highest BCUT2D eigenvalue weighted by Gasteiger charge is 2.23. The molecule has 1 heterocycles. The molecule has 1 amide bonds. The minimum Gasteiger partial charge on any atom is -0.444 e. The molecule has 0 fully saturated rings. The molecule has 0 unspecified atom stereocenters. The summed E-state index contributed by atoms with van der Waals surface area (Å²) >= 11 is 1.69. The Balaban J connectivity index is 2.39. The van der Waals surface area contributed by atoms with Crippen LogP contribution in [0.1, 0.15) is 44.5 Å². The van der Waals surface area contributed by atoms with E-state index in [1.807, 2.05) is 47.7 Å². The van der Waals surface area contributed by atoms with E-state index >= 15 is 0 Å². The van der Waals surface area contributed by atoms with Gasteiger partial charge in [0.25, 0.3) is 0 Å². The average Bonchev–Trinajstić information content (AvgIpc) is 2.71. The number of hydrogen-bond donors (Lipinski definition) is 1. The first-order valence-electron chi connectivity index (χ1n) is 7.30. The molecule has 0 radical (unpaired) electrons. The van der Waals surface area contributed by atoms with Crippen LogP contribution in [0.5, 0.6) is 0 Å². The number of nitrogens with zero attached hydrogens (tertiary/aromatic N) is 2. The maximum absolute atomic E-state index is 12.1. The van der Waals surface area contributed by atoms with Gasteiger partial charge in [-0.2, -0.15) is 0 Å². The summed E-state index contributed by atoms with van der Waals surface area (Å²) in [5.74, 6) is 0. The molecule has 1 aromatic rings. The molecule has 5 nitrogen and oxygen atoms in total. The van der Waals surface area contributed by atoms with Crippen LogP contribution in [0.2, 0.25) is 0 Å². The number of nitrogens with one attached hydrogen (secondary N) is 1. The molecule has 21 heavy (non-hydrogen) atoms. The molecule has 0 bridgehead atoms. The molecule has 1 N–H and O–H groups in total. The van der Waals surface area contributed by atoms with Crippen LogP contribution in [0.15, 0.2) is 6.20 Å². The summed E-state index contributed by atoms with van der Waals surface area (Å²) in [4.78, 5) is 19.3. The van der Waals surface area contributed by atoms with Gasteiger partial charge >= 0.3 is 6.09 Å². The second-order valence-corrected chi connectivity index (χ2v) is 7.61. The summed E-state index contributed by atoms with van der Waals surface area (Å²) in [6, 6.07) is 0.118. The van der Waals surface area contributed by atoms with E-state index in [0.717, 1.165) is 18.1 Å². The Morgan fingerprint density at radius 3 is 2.62 bits per heavy atom. The SMILES string of the molecule is Cc1ncc(CNCCN(C(=O)OC(C)(C)C)C(C)C)s1. The number of rotatable bonds is 6. The number of amides is 1. The molecule has 0 aliphatic rings. The van der Waals surface area contributed by atoms with Gasteiger partial charge in [0.05, 0.1) is 5.01 Å². The fourth-order valence-corrected chi connectivity index (χ4v) is 2.54. The van der Waals surface area contributed by atoms with Crippen molar-refractivity contribution < 1.29 is 9.53 Å². The van der Waals surface area contributed by atoms with Crippen LogP contribution >= 0.6 is 11.3 Å². The van der Waals surface area contributed by atoms with Crippen LogP contribution < -0.4 is 5.32 Å². The Labute approximate surface area is 131 Å². The van der Waals surface area contributed by atoms with E-state index in [0.29, 0.717) is 6.54 Å². The normalized spacial score (nSPS) is 11.8. The van der Waals surface area contributed by atoms with Crippen molar-refractivity contribution in [3.8, 4) is 0 Å². The molecular formula is C15H27N3O2S. The van der Waals surface area contributed by atoms with E-state index in [1.165, 1.54) is 4.88 Å². The lowest BCUT2D eigenvalue weighted by molar-refractivity contribution is 0.0193. The van der Waals surface area contributed by atoms with Crippen LogP contribution in [0.25, 0.3) is 0 Å². The van der Waals surface area contributed by atoms with Gasteiger partial charge in [0, 0.05) is 36.8 Å². The third-order valence-electron chi connectivity index (χ3n) is 2.75. The molecular weight excluding hydrogens is 286 g/mol. The molecule has 0 aliphatic carbocycles. The predicted molar refractivity (Wildman–Crippen MR) is 86.6 cm³/mol. The minimum atomic E-state index is -0.460. The maximum atomic E-state index is 12.1. The zero-order valence-electron chi connectivity index (χ0n) is 13.9. The molecule has 0 saturated carbocycles. The molecule has 1 aromatic heterocycles. The van der Waals surface area contributed by atoms with Crippen LogP contribution in [0.3, 0.4) is 0 Å². The molecule has 120 valence electrons. The Bertz CT molecular complexity index is 452. The third kappa shape index (κ3) is 6.91. The van der Waals surface area contributed by atoms with Crippen molar-refractivity contribution in [3.63, 3.8) is 0 Å². The maximum Gasteiger partial charge on any atom is 0.410 e. The van der Waals surface area contributed by atoms with E-state index in [4.69, 9.17) is 4.74 Å². The first kappa shape index (κ1) is 17.9. The number of aryl methyl sites for hydroxylation is 1. The van der Waals surface area contributed by atoms with Gasteiger partial charge in [-0.15, -0.1) is 11.3 Å². The molecule has 6 heteroatoms. The molecule has 0 aromatic carbocycles. The highest BCUT2D eigenvalue weighted by Crippen LogP contribution is 2.12. The van der Waals surface area contributed by atoms with Crippen molar-refractivity contribution in [2.75, 3.05) is 13.1 Å². The largest absolute Gasteiger partial charge is 0.444 e. The number of carbonyl (C=O) groups is 1. The molecule has 0 aliphatic heterocycles. The van der Waals surface area contributed by atoms with E-state index in [-0.39, 0.29) is 12.1 Å². The van der Waals surface area contributed by atoms with Crippen LogP contribution in [0.4, 0.5) is 4.79 Å². The molecule has 0 atom stereocenters. The number of hydrogen-bond acceptors (Lipinski definition) is 5. The minimum absolute atomic E-state index is 0.118. The first-order chi connectivity index (χ1) is 9.69. The topological polar surface area (TPSA) is 54.5 Å². The van der Waals surface area contributed by atoms with Gasteiger partial charge in [0.1, 0.15) is 5.60 Å². The quantitative estimate of drug-likeness (QED) is 0.820. The van der Waals surface area contributed by atoms with E-state index in [9.17, 15) is 4.79 Å². The van der Waals surface area contributed by atoms with Crippen LogP contribution in [-0.2, 0) is 11.3 Å². The van der Waals surface area contributed by atoms with Crippen molar-refractivity contribution in [2.45, 2.75) is 59.7 Å². The van der Waals surface area contributed by atoms with Crippen LogP contribution in [0, 0.1) is 6.92 Å². The number of thiazole rings is 1. The van der Waals surface area contributed by atoms with E-state index in [1.54, 1.807) is 16.2 Å². The van der Waals surface area contributed by atoms with Gasteiger partial charge in [-0.25, -0.2) is 9.78 Å². The van der Waals surface area contributed by atoms with Crippen molar-refractivity contribution in [1.82, 2.24) is 15.2 Å². The molecule has 1 rings (SSSR count). The summed E-state index contributed by atoms with van der Waals surface area (Å²) < 4.78 is 5.43. The standard InChI is InChI=1S/C15H27N3O2S/c1-11(2)18(14(19)20-15(4,5)6)8-7-16-9-13-10-17-12(3)21-13/h10-11,16H,7-9H2,1-6H3. The summed E-state index contributed by atoms with van der Waals surface area (Å²) in [7, 11) is 0. The second kappa shape index (κ2) is 7.75. The average molecular weight is 313 g/mol. The van der Waals surface area contributed by atoms with E-state index < -0.39 is 5.60 Å². The lowest BCUT2D eigenvalue weighted by Crippen LogP contribution is -2.44. The van der Waals surface area contributed by atoms with Gasteiger partial charge in [-0.3, -0.25) is 0 Å². The Hall–Kier alpha value is -1.14. The Morgan fingerprint density at radius 2 is 2.14 bits per heavy atom. The van der Waals surface area contributed by atoms with Gasteiger partial charge in [0.2, 0.25) is 0 Å². The number of aromatic nitrogens is 1. The zero-order chi connectivity index (χ0) is 16.0. The number of ether oxygens (including phenoxy) is 1. The smallest absolute Gasteiger partial charge is 0.410 e. The fraction of sp³-hybridized carbons (Fsp3) is 0.733. The monoisotopic (exact) mass is 313 g/mol.